The zero-order valence-corrected chi connectivity index (χ0v) is 20.8. The van der Waals surface area contributed by atoms with E-state index in [1.54, 1.807) is 0 Å². The van der Waals surface area contributed by atoms with Gasteiger partial charge in [0.05, 0.1) is 18.4 Å². The number of ether oxygens (including phenoxy) is 1. The Hall–Kier alpha value is -1.32. The minimum absolute atomic E-state index is 0.290. The normalized spacial score (nSPS) is 18.8. The summed E-state index contributed by atoms with van der Waals surface area (Å²) in [4.78, 5) is 23.5. The van der Waals surface area contributed by atoms with Crippen molar-refractivity contribution in [1.82, 2.24) is 0 Å². The number of allylic oxidation sites excluding steroid dienone is 2. The molecule has 0 radical (unpaired) electrons. The number of esters is 1. The van der Waals surface area contributed by atoms with E-state index in [-0.39, 0.29) is 5.97 Å². The van der Waals surface area contributed by atoms with Crippen LogP contribution < -0.4 is 0 Å². The van der Waals surface area contributed by atoms with Crippen molar-refractivity contribution in [3.63, 3.8) is 0 Å². The second-order valence-electron chi connectivity index (χ2n) is 9.66. The van der Waals surface area contributed by atoms with E-state index < -0.39 is 17.8 Å². The molecular formula is C28H50O4. The van der Waals surface area contributed by atoms with E-state index >= 15 is 0 Å². The second-order valence-corrected chi connectivity index (χ2v) is 9.66. The minimum Gasteiger partial charge on any atom is -0.481 e. The highest BCUT2D eigenvalue weighted by Gasteiger charge is 2.36. The van der Waals surface area contributed by atoms with Gasteiger partial charge in [0.2, 0.25) is 0 Å². The number of hydrogen-bond donors (Lipinski definition) is 1. The third-order valence-corrected chi connectivity index (χ3v) is 6.88. The summed E-state index contributed by atoms with van der Waals surface area (Å²) < 4.78 is 5.39. The fourth-order valence-electron chi connectivity index (χ4n) is 4.82. The highest BCUT2D eigenvalue weighted by molar-refractivity contribution is 5.81. The maximum atomic E-state index is 12.2. The molecule has 4 nitrogen and oxygen atoms in total. The predicted octanol–water partition coefficient (Wildman–Crippen LogP) is 8.24. The van der Waals surface area contributed by atoms with Gasteiger partial charge in [-0.3, -0.25) is 9.59 Å². The molecule has 0 aromatic carbocycles. The first-order chi connectivity index (χ1) is 15.7. The van der Waals surface area contributed by atoms with E-state index in [1.807, 2.05) is 0 Å². The molecular weight excluding hydrogens is 400 g/mol. The summed E-state index contributed by atoms with van der Waals surface area (Å²) in [5, 5.41) is 9.28. The number of carbonyl (C=O) groups excluding carboxylic acids is 1. The lowest BCUT2D eigenvalue weighted by molar-refractivity contribution is -0.159. The minimum atomic E-state index is -0.849. The molecule has 1 rings (SSSR count). The Morgan fingerprint density at radius 2 is 1.16 bits per heavy atom. The molecule has 1 fully saturated rings. The van der Waals surface area contributed by atoms with Crippen molar-refractivity contribution in [2.75, 3.05) is 6.61 Å². The average Bonchev–Trinajstić information content (AvgIpc) is 2.80. The highest BCUT2D eigenvalue weighted by Crippen LogP contribution is 2.31. The van der Waals surface area contributed by atoms with E-state index in [0.717, 1.165) is 25.7 Å². The van der Waals surface area contributed by atoms with Crippen LogP contribution in [0.5, 0.6) is 0 Å². The van der Waals surface area contributed by atoms with Crippen molar-refractivity contribution in [3.05, 3.63) is 12.2 Å². The van der Waals surface area contributed by atoms with Crippen molar-refractivity contribution >= 4 is 11.9 Å². The molecule has 186 valence electrons. The van der Waals surface area contributed by atoms with Crippen LogP contribution in [0.3, 0.4) is 0 Å². The number of aliphatic carboxylic acids is 1. The Kier molecular flexibility index (Phi) is 18.2. The van der Waals surface area contributed by atoms with Gasteiger partial charge in [-0.25, -0.2) is 0 Å². The molecule has 1 N–H and O–H groups in total. The van der Waals surface area contributed by atoms with Crippen LogP contribution in [0.25, 0.3) is 0 Å². The maximum Gasteiger partial charge on any atom is 0.309 e. The van der Waals surface area contributed by atoms with Crippen LogP contribution in [-0.2, 0) is 14.3 Å². The third-order valence-electron chi connectivity index (χ3n) is 6.88. The zero-order chi connectivity index (χ0) is 23.3. The van der Waals surface area contributed by atoms with E-state index in [9.17, 15) is 14.7 Å². The van der Waals surface area contributed by atoms with Crippen LogP contribution in [0.1, 0.15) is 135 Å². The van der Waals surface area contributed by atoms with Crippen molar-refractivity contribution in [2.24, 2.45) is 11.8 Å². The molecule has 1 aliphatic carbocycles. The SMILES string of the molecule is C/C=C/CCCCCCCCCCCCCCCCCOC(=O)C1CCCCC1C(=O)O. The molecule has 0 bridgehead atoms. The standard InChI is InChI=1S/C28H50O4/c1-2-3-4-5-6-7-8-9-10-11-12-13-14-15-16-17-18-21-24-32-28(31)26-23-20-19-22-25(26)27(29)30/h2-3,25-26H,4-24H2,1H3,(H,29,30)/b3-2+. The van der Waals surface area contributed by atoms with Crippen LogP contribution in [0.4, 0.5) is 0 Å². The molecule has 4 heteroatoms. The lowest BCUT2D eigenvalue weighted by Crippen LogP contribution is -2.33. The molecule has 0 spiro atoms. The lowest BCUT2D eigenvalue weighted by Gasteiger charge is -2.26. The van der Waals surface area contributed by atoms with Crippen molar-refractivity contribution < 1.29 is 19.4 Å². The molecule has 0 aliphatic heterocycles. The Morgan fingerprint density at radius 1 is 0.719 bits per heavy atom. The lowest BCUT2D eigenvalue weighted by atomic mass is 9.79. The van der Waals surface area contributed by atoms with Gasteiger partial charge in [0.15, 0.2) is 0 Å². The summed E-state index contributed by atoms with van der Waals surface area (Å²) >= 11 is 0. The topological polar surface area (TPSA) is 63.6 Å². The molecule has 0 aromatic heterocycles. The summed E-state index contributed by atoms with van der Waals surface area (Å²) in [6, 6.07) is 0. The van der Waals surface area contributed by atoms with Crippen LogP contribution in [0.15, 0.2) is 12.2 Å². The summed E-state index contributed by atoms with van der Waals surface area (Å²) in [5.41, 5.74) is 0. The van der Waals surface area contributed by atoms with Gasteiger partial charge in [-0.1, -0.05) is 108 Å². The van der Waals surface area contributed by atoms with E-state index in [0.29, 0.717) is 19.4 Å². The summed E-state index contributed by atoms with van der Waals surface area (Å²) in [6.45, 7) is 2.54. The molecule has 2 unspecified atom stereocenters. The molecule has 0 amide bonds. The molecule has 0 aromatic rings. The monoisotopic (exact) mass is 450 g/mol. The summed E-state index contributed by atoms with van der Waals surface area (Å²) in [6.07, 6.45) is 28.4. The number of carboxylic acids is 1. The smallest absolute Gasteiger partial charge is 0.309 e. The zero-order valence-electron chi connectivity index (χ0n) is 20.8. The number of unbranched alkanes of at least 4 members (excludes halogenated alkanes) is 15. The van der Waals surface area contributed by atoms with Gasteiger partial charge in [0, 0.05) is 0 Å². The number of rotatable bonds is 20. The Balaban J connectivity index is 1.82. The first kappa shape index (κ1) is 28.7. The van der Waals surface area contributed by atoms with Crippen LogP contribution >= 0.6 is 0 Å². The van der Waals surface area contributed by atoms with Gasteiger partial charge in [-0.15, -0.1) is 0 Å². The first-order valence-electron chi connectivity index (χ1n) is 13.7. The van der Waals surface area contributed by atoms with Gasteiger partial charge in [-0.2, -0.15) is 0 Å². The van der Waals surface area contributed by atoms with Crippen LogP contribution in [0.2, 0.25) is 0 Å². The van der Waals surface area contributed by atoms with E-state index in [2.05, 4.69) is 19.1 Å². The fourth-order valence-corrected chi connectivity index (χ4v) is 4.82. The number of hydrogen-bond acceptors (Lipinski definition) is 3. The van der Waals surface area contributed by atoms with Crippen molar-refractivity contribution in [1.29, 1.82) is 0 Å². The van der Waals surface area contributed by atoms with Crippen LogP contribution in [-0.4, -0.2) is 23.7 Å². The third kappa shape index (κ3) is 14.7. The second kappa shape index (κ2) is 20.3. The maximum absolute atomic E-state index is 12.2. The predicted molar refractivity (Wildman–Crippen MR) is 133 cm³/mol. The van der Waals surface area contributed by atoms with Crippen molar-refractivity contribution in [2.45, 2.75) is 135 Å². The van der Waals surface area contributed by atoms with Gasteiger partial charge in [0.1, 0.15) is 0 Å². The molecule has 0 saturated heterocycles. The molecule has 2 atom stereocenters. The summed E-state index contributed by atoms with van der Waals surface area (Å²) in [7, 11) is 0. The quantitative estimate of drug-likeness (QED) is 0.115. The van der Waals surface area contributed by atoms with Gasteiger partial charge >= 0.3 is 11.9 Å². The molecule has 1 saturated carbocycles. The summed E-state index contributed by atoms with van der Waals surface area (Å²) in [5.74, 6) is -2.12. The Bertz CT molecular complexity index is 500. The number of carbonyl (C=O) groups is 2. The van der Waals surface area contributed by atoms with E-state index in [4.69, 9.17) is 4.74 Å². The van der Waals surface area contributed by atoms with Crippen molar-refractivity contribution in [3.8, 4) is 0 Å². The largest absolute Gasteiger partial charge is 0.481 e. The first-order valence-corrected chi connectivity index (χ1v) is 13.7. The van der Waals surface area contributed by atoms with Gasteiger partial charge in [0.25, 0.3) is 0 Å². The molecule has 1 aliphatic rings. The van der Waals surface area contributed by atoms with Crippen LogP contribution in [0, 0.1) is 11.8 Å². The Morgan fingerprint density at radius 3 is 1.62 bits per heavy atom. The van der Waals surface area contributed by atoms with E-state index in [1.165, 1.54) is 89.9 Å². The molecule has 0 heterocycles. The van der Waals surface area contributed by atoms with Gasteiger partial charge < -0.3 is 9.84 Å². The Labute approximate surface area is 197 Å². The van der Waals surface area contributed by atoms with Gasteiger partial charge in [-0.05, 0) is 39.0 Å². The fraction of sp³-hybridized carbons (Fsp3) is 0.857. The molecule has 32 heavy (non-hydrogen) atoms. The number of carboxylic acid groups (broad SMARTS) is 1. The highest BCUT2D eigenvalue weighted by atomic mass is 16.5. The average molecular weight is 451 g/mol.